The minimum absolute atomic E-state index is 0.0475. The van der Waals surface area contributed by atoms with Gasteiger partial charge < -0.3 is 9.47 Å². The molecule has 4 rings (SSSR count). The Hall–Kier alpha value is -3.97. The summed E-state index contributed by atoms with van der Waals surface area (Å²) < 4.78 is 12.3. The first kappa shape index (κ1) is 28.0. The maximum atomic E-state index is 13.3. The maximum absolute atomic E-state index is 13.3. The van der Waals surface area contributed by atoms with Gasteiger partial charge in [-0.25, -0.2) is 9.69 Å². The summed E-state index contributed by atoms with van der Waals surface area (Å²) in [6, 6.07) is 13.3. The number of imide groups is 2. The van der Waals surface area contributed by atoms with Crippen LogP contribution in [0, 0.1) is 20.6 Å². The second kappa shape index (κ2) is 11.8. The van der Waals surface area contributed by atoms with Crippen molar-refractivity contribution in [2.45, 2.75) is 20.5 Å². The summed E-state index contributed by atoms with van der Waals surface area (Å²) in [7, 11) is 0. The number of amides is 4. The minimum Gasteiger partial charge on any atom is -0.490 e. The quantitative estimate of drug-likeness (QED) is 0.106. The van der Waals surface area contributed by atoms with Gasteiger partial charge in [-0.1, -0.05) is 29.8 Å². The summed E-state index contributed by atoms with van der Waals surface area (Å²) in [6.07, 6.45) is 1.37. The van der Waals surface area contributed by atoms with Gasteiger partial charge in [0.15, 0.2) is 11.5 Å². The van der Waals surface area contributed by atoms with Gasteiger partial charge in [0.05, 0.1) is 20.8 Å². The molecule has 0 spiro atoms. The second-order valence-corrected chi connectivity index (χ2v) is 9.97. The highest BCUT2D eigenvalue weighted by molar-refractivity contribution is 14.1. The Kier molecular flexibility index (Phi) is 8.51. The van der Waals surface area contributed by atoms with Crippen LogP contribution < -0.4 is 19.7 Å². The molecular formula is C27H21ClIN3O7. The van der Waals surface area contributed by atoms with Crippen LogP contribution in [0.4, 0.5) is 16.2 Å². The molecule has 12 heteroatoms. The van der Waals surface area contributed by atoms with E-state index in [9.17, 15) is 24.5 Å². The molecule has 0 aliphatic carbocycles. The molecule has 0 atom stereocenters. The molecule has 1 aliphatic heterocycles. The molecule has 0 saturated carbocycles. The number of ether oxygens (including phenoxy) is 2. The third-order valence-electron chi connectivity index (χ3n) is 5.66. The third-order valence-corrected chi connectivity index (χ3v) is 6.70. The first-order chi connectivity index (χ1) is 18.6. The SMILES string of the molecule is CCOc1cc(/C=C2\C(=O)NC(=O)N(c3cc(Cl)ccc3C)C2=O)cc(I)c1OCc1cccc([N+](=O)[O-])c1. The molecular weight excluding hydrogens is 641 g/mol. The van der Waals surface area contributed by atoms with Crippen molar-refractivity contribution in [3.63, 3.8) is 0 Å². The van der Waals surface area contributed by atoms with Crippen molar-refractivity contribution in [2.75, 3.05) is 11.5 Å². The highest BCUT2D eigenvalue weighted by Gasteiger charge is 2.37. The average molecular weight is 662 g/mol. The van der Waals surface area contributed by atoms with E-state index in [4.69, 9.17) is 21.1 Å². The molecule has 0 bridgehead atoms. The smallest absolute Gasteiger partial charge is 0.335 e. The molecule has 4 amide bonds. The van der Waals surface area contributed by atoms with Crippen molar-refractivity contribution >= 4 is 69.5 Å². The number of hydrogen-bond acceptors (Lipinski definition) is 7. The van der Waals surface area contributed by atoms with Gasteiger partial charge in [-0.05, 0) is 83.5 Å². The number of carbonyl (C=O) groups is 3. The molecule has 200 valence electrons. The van der Waals surface area contributed by atoms with Gasteiger partial charge in [-0.15, -0.1) is 0 Å². The first-order valence-corrected chi connectivity index (χ1v) is 13.0. The number of anilines is 1. The number of benzene rings is 3. The van der Waals surface area contributed by atoms with E-state index in [-0.39, 0.29) is 23.6 Å². The number of nitrogens with zero attached hydrogens (tertiary/aromatic N) is 2. The van der Waals surface area contributed by atoms with Crippen LogP contribution in [0.5, 0.6) is 11.5 Å². The molecule has 0 unspecified atom stereocenters. The fourth-order valence-electron chi connectivity index (χ4n) is 3.86. The second-order valence-electron chi connectivity index (χ2n) is 8.37. The van der Waals surface area contributed by atoms with Crippen LogP contribution >= 0.6 is 34.2 Å². The third kappa shape index (κ3) is 6.20. The number of nitro groups is 1. The van der Waals surface area contributed by atoms with Crippen LogP contribution in [0.3, 0.4) is 0 Å². The highest BCUT2D eigenvalue weighted by Crippen LogP contribution is 2.36. The topological polar surface area (TPSA) is 128 Å². The number of aryl methyl sites for hydroxylation is 1. The van der Waals surface area contributed by atoms with E-state index in [0.29, 0.717) is 43.4 Å². The van der Waals surface area contributed by atoms with Crippen LogP contribution in [0.1, 0.15) is 23.6 Å². The molecule has 10 nitrogen and oxygen atoms in total. The number of rotatable bonds is 8. The van der Waals surface area contributed by atoms with Gasteiger partial charge in [0.2, 0.25) is 0 Å². The lowest BCUT2D eigenvalue weighted by atomic mass is 10.1. The van der Waals surface area contributed by atoms with E-state index < -0.39 is 22.8 Å². The van der Waals surface area contributed by atoms with Gasteiger partial charge in [0, 0.05) is 17.2 Å². The van der Waals surface area contributed by atoms with E-state index in [1.54, 1.807) is 50.2 Å². The molecule has 3 aromatic carbocycles. The zero-order valence-electron chi connectivity index (χ0n) is 20.7. The fourth-order valence-corrected chi connectivity index (χ4v) is 4.80. The lowest BCUT2D eigenvalue weighted by molar-refractivity contribution is -0.384. The Balaban J connectivity index is 1.67. The number of carbonyl (C=O) groups excluding carboxylic acids is 3. The van der Waals surface area contributed by atoms with E-state index in [0.717, 1.165) is 4.90 Å². The zero-order valence-corrected chi connectivity index (χ0v) is 23.6. The van der Waals surface area contributed by atoms with Crippen molar-refractivity contribution in [3.8, 4) is 11.5 Å². The van der Waals surface area contributed by atoms with Crippen molar-refractivity contribution in [1.82, 2.24) is 5.32 Å². The number of nitro benzene ring substituents is 1. The number of halogens is 2. The van der Waals surface area contributed by atoms with E-state index >= 15 is 0 Å². The molecule has 39 heavy (non-hydrogen) atoms. The number of nitrogens with one attached hydrogen (secondary N) is 1. The Morgan fingerprint density at radius 1 is 1.10 bits per heavy atom. The molecule has 1 heterocycles. The molecule has 1 saturated heterocycles. The van der Waals surface area contributed by atoms with Gasteiger partial charge >= 0.3 is 6.03 Å². The lowest BCUT2D eigenvalue weighted by Gasteiger charge is -2.27. The highest BCUT2D eigenvalue weighted by atomic mass is 127. The average Bonchev–Trinajstić information content (AvgIpc) is 2.88. The number of hydrogen-bond donors (Lipinski definition) is 1. The van der Waals surface area contributed by atoms with E-state index in [1.807, 2.05) is 22.6 Å². The number of non-ortho nitro benzene ring substituents is 1. The monoisotopic (exact) mass is 661 g/mol. The van der Waals surface area contributed by atoms with Gasteiger partial charge in [0.25, 0.3) is 17.5 Å². The summed E-state index contributed by atoms with van der Waals surface area (Å²) in [4.78, 5) is 50.1. The van der Waals surface area contributed by atoms with Crippen LogP contribution in [0.25, 0.3) is 6.08 Å². The van der Waals surface area contributed by atoms with Gasteiger partial charge in [0.1, 0.15) is 12.2 Å². The molecule has 0 aromatic heterocycles. The van der Waals surface area contributed by atoms with Crippen molar-refractivity contribution in [2.24, 2.45) is 0 Å². The molecule has 3 aromatic rings. The van der Waals surface area contributed by atoms with Crippen molar-refractivity contribution < 1.29 is 28.8 Å². The normalized spacial score (nSPS) is 14.4. The molecule has 0 radical (unpaired) electrons. The first-order valence-electron chi connectivity index (χ1n) is 11.6. The Bertz CT molecular complexity index is 1540. The molecule has 1 fully saturated rings. The van der Waals surface area contributed by atoms with Crippen LogP contribution in [0.2, 0.25) is 5.02 Å². The largest absolute Gasteiger partial charge is 0.490 e. The summed E-state index contributed by atoms with van der Waals surface area (Å²) >= 11 is 8.12. The van der Waals surface area contributed by atoms with Gasteiger partial charge in [-0.3, -0.25) is 25.0 Å². The fraction of sp³-hybridized carbons (Fsp3) is 0.148. The standard InChI is InChI=1S/C27H21ClIN3O7/c1-3-38-23-12-17(11-21(29)24(23)39-14-16-5-4-6-19(9-16)32(36)37)10-20-25(33)30-27(35)31(26(20)34)22-13-18(28)8-7-15(22)2/h4-13H,3,14H2,1-2H3,(H,30,33,35)/b20-10+. The number of urea groups is 1. The minimum atomic E-state index is -0.873. The zero-order chi connectivity index (χ0) is 28.3. The summed E-state index contributed by atoms with van der Waals surface area (Å²) in [5, 5.41) is 13.6. The molecule has 1 aliphatic rings. The predicted octanol–water partition coefficient (Wildman–Crippen LogP) is 5.81. The van der Waals surface area contributed by atoms with Crippen molar-refractivity contribution in [3.05, 3.63) is 95.6 Å². The van der Waals surface area contributed by atoms with Gasteiger partial charge in [-0.2, -0.15) is 0 Å². The van der Waals surface area contributed by atoms with Crippen molar-refractivity contribution in [1.29, 1.82) is 0 Å². The van der Waals surface area contributed by atoms with E-state index in [2.05, 4.69) is 5.32 Å². The summed E-state index contributed by atoms with van der Waals surface area (Å²) in [6.45, 7) is 3.86. The van der Waals surface area contributed by atoms with Crippen LogP contribution in [-0.4, -0.2) is 29.4 Å². The summed E-state index contributed by atoms with van der Waals surface area (Å²) in [5.41, 5.74) is 1.64. The predicted molar refractivity (Wildman–Crippen MR) is 153 cm³/mol. The van der Waals surface area contributed by atoms with Crippen LogP contribution in [-0.2, 0) is 16.2 Å². The van der Waals surface area contributed by atoms with E-state index in [1.165, 1.54) is 24.3 Å². The Morgan fingerprint density at radius 3 is 2.59 bits per heavy atom. The molecule has 1 N–H and O–H groups in total. The summed E-state index contributed by atoms with van der Waals surface area (Å²) in [5.74, 6) is -0.881. The Morgan fingerprint density at radius 2 is 1.87 bits per heavy atom. The maximum Gasteiger partial charge on any atom is 0.335 e. The Labute approximate surface area is 241 Å². The number of barbiturate groups is 1. The lowest BCUT2D eigenvalue weighted by Crippen LogP contribution is -2.54. The van der Waals surface area contributed by atoms with Crippen LogP contribution in [0.15, 0.2) is 60.2 Å².